The van der Waals surface area contributed by atoms with Crippen molar-refractivity contribution in [1.82, 2.24) is 4.31 Å². The van der Waals surface area contributed by atoms with E-state index < -0.39 is 10.0 Å². The van der Waals surface area contributed by atoms with Crippen LogP contribution in [0.15, 0.2) is 21.3 Å². The van der Waals surface area contributed by atoms with Gasteiger partial charge in [0.1, 0.15) is 17.1 Å². The fourth-order valence-electron chi connectivity index (χ4n) is 3.33. The van der Waals surface area contributed by atoms with Gasteiger partial charge in [-0.2, -0.15) is 0 Å². The van der Waals surface area contributed by atoms with Gasteiger partial charge in [-0.15, -0.1) is 0 Å². The summed E-state index contributed by atoms with van der Waals surface area (Å²) < 4.78 is 30.7. The topological polar surface area (TPSA) is 87.8 Å². The maximum Gasteiger partial charge on any atom is 0.211 e. The van der Waals surface area contributed by atoms with Crippen LogP contribution >= 0.6 is 0 Å². The largest absolute Gasteiger partial charge is 0.508 e. The molecule has 7 heteroatoms. The first-order valence-electron chi connectivity index (χ1n) is 7.91. The molecular formula is C17H21NO5S. The van der Waals surface area contributed by atoms with Crippen molar-refractivity contribution < 1.29 is 17.9 Å². The van der Waals surface area contributed by atoms with Crippen LogP contribution < -0.4 is 5.43 Å². The van der Waals surface area contributed by atoms with E-state index in [0.29, 0.717) is 53.8 Å². The van der Waals surface area contributed by atoms with Gasteiger partial charge in [0.2, 0.25) is 10.0 Å². The molecule has 3 rings (SSSR count). The molecule has 24 heavy (non-hydrogen) atoms. The molecular weight excluding hydrogens is 330 g/mol. The molecule has 1 N–H and O–H groups in total. The molecule has 6 nitrogen and oxygen atoms in total. The van der Waals surface area contributed by atoms with E-state index in [2.05, 4.69) is 0 Å². The van der Waals surface area contributed by atoms with Crippen LogP contribution in [0.25, 0.3) is 11.0 Å². The van der Waals surface area contributed by atoms with E-state index in [1.807, 2.05) is 0 Å². The third kappa shape index (κ3) is 2.82. The number of phenolic OH excluding ortho intramolecular Hbond substituents is 1. The summed E-state index contributed by atoms with van der Waals surface area (Å²) >= 11 is 0. The van der Waals surface area contributed by atoms with Crippen LogP contribution in [0.4, 0.5) is 0 Å². The van der Waals surface area contributed by atoms with Gasteiger partial charge in [-0.05, 0) is 38.8 Å². The number of nitrogens with zero attached hydrogens (tertiary/aromatic N) is 1. The van der Waals surface area contributed by atoms with Gasteiger partial charge in [0.25, 0.3) is 0 Å². The van der Waals surface area contributed by atoms with E-state index >= 15 is 0 Å². The second kappa shape index (κ2) is 5.89. The van der Waals surface area contributed by atoms with Crippen molar-refractivity contribution in [3.63, 3.8) is 0 Å². The first kappa shape index (κ1) is 17.0. The van der Waals surface area contributed by atoms with Crippen LogP contribution in [0.1, 0.15) is 35.6 Å². The molecule has 0 saturated carbocycles. The van der Waals surface area contributed by atoms with Crippen molar-refractivity contribution in [1.29, 1.82) is 0 Å². The minimum Gasteiger partial charge on any atom is -0.508 e. The van der Waals surface area contributed by atoms with Crippen LogP contribution in [-0.4, -0.2) is 37.2 Å². The summed E-state index contributed by atoms with van der Waals surface area (Å²) in [4.78, 5) is 12.6. The molecule has 0 unspecified atom stereocenters. The number of hydrogen-bond donors (Lipinski definition) is 1. The van der Waals surface area contributed by atoms with E-state index in [1.54, 1.807) is 19.9 Å². The molecule has 1 saturated heterocycles. The lowest BCUT2D eigenvalue weighted by Gasteiger charge is -2.30. The number of rotatable bonds is 2. The van der Waals surface area contributed by atoms with E-state index in [4.69, 9.17) is 4.42 Å². The van der Waals surface area contributed by atoms with Crippen molar-refractivity contribution in [3.05, 3.63) is 39.2 Å². The quantitative estimate of drug-likeness (QED) is 0.896. The van der Waals surface area contributed by atoms with Gasteiger partial charge in [-0.3, -0.25) is 4.79 Å². The Morgan fingerprint density at radius 1 is 1.17 bits per heavy atom. The van der Waals surface area contributed by atoms with Gasteiger partial charge in [0.05, 0.1) is 11.6 Å². The molecule has 1 fully saturated rings. The number of benzene rings is 1. The lowest BCUT2D eigenvalue weighted by molar-refractivity contribution is 0.297. The van der Waals surface area contributed by atoms with E-state index in [0.717, 1.165) is 0 Å². The molecule has 0 amide bonds. The fraction of sp³-hybridized carbons (Fsp3) is 0.471. The smallest absolute Gasteiger partial charge is 0.211 e. The summed E-state index contributed by atoms with van der Waals surface area (Å²) in [5.41, 5.74) is 1.41. The Bertz CT molecular complexity index is 953. The highest BCUT2D eigenvalue weighted by atomic mass is 32.2. The summed E-state index contributed by atoms with van der Waals surface area (Å²) in [6.45, 7) is 4.30. The summed E-state index contributed by atoms with van der Waals surface area (Å²) in [5, 5.41) is 10.3. The van der Waals surface area contributed by atoms with Gasteiger partial charge < -0.3 is 9.52 Å². The second-order valence-corrected chi connectivity index (χ2v) is 8.43. The summed E-state index contributed by atoms with van der Waals surface area (Å²) in [7, 11) is -3.19. The van der Waals surface area contributed by atoms with Crippen molar-refractivity contribution in [2.75, 3.05) is 19.3 Å². The van der Waals surface area contributed by atoms with Gasteiger partial charge in [0.15, 0.2) is 5.43 Å². The van der Waals surface area contributed by atoms with Crippen molar-refractivity contribution in [2.24, 2.45) is 0 Å². The zero-order chi connectivity index (χ0) is 17.6. The standard InChI is InChI=1S/C17H21NO5S/c1-10-14(19)5-4-13-15(20)11(2)16(23-17(10)13)12-6-8-18(9-7-12)24(3,21)22/h4-5,12,19H,6-9H2,1-3H3. The molecule has 130 valence electrons. The average molecular weight is 351 g/mol. The Kier molecular flexibility index (Phi) is 4.17. The predicted octanol–water partition coefficient (Wildman–Crippen LogP) is 2.25. The van der Waals surface area contributed by atoms with Crippen molar-refractivity contribution in [3.8, 4) is 5.75 Å². The molecule has 2 aromatic rings. The molecule has 0 aliphatic carbocycles. The fourth-order valence-corrected chi connectivity index (χ4v) is 4.21. The summed E-state index contributed by atoms with van der Waals surface area (Å²) in [5.74, 6) is 0.698. The van der Waals surface area contributed by atoms with Gasteiger partial charge in [-0.25, -0.2) is 12.7 Å². The highest BCUT2D eigenvalue weighted by Gasteiger charge is 2.29. The zero-order valence-electron chi connectivity index (χ0n) is 14.0. The third-order valence-electron chi connectivity index (χ3n) is 4.84. The molecule has 0 atom stereocenters. The molecule has 2 heterocycles. The Morgan fingerprint density at radius 3 is 2.38 bits per heavy atom. The zero-order valence-corrected chi connectivity index (χ0v) is 14.8. The minimum atomic E-state index is -3.19. The second-order valence-electron chi connectivity index (χ2n) is 6.44. The Balaban J connectivity index is 2.03. The third-order valence-corrected chi connectivity index (χ3v) is 6.14. The Morgan fingerprint density at radius 2 is 1.79 bits per heavy atom. The van der Waals surface area contributed by atoms with E-state index in [-0.39, 0.29) is 17.1 Å². The Hall–Kier alpha value is -1.86. The van der Waals surface area contributed by atoms with Crippen LogP contribution in [-0.2, 0) is 10.0 Å². The number of aryl methyl sites for hydroxylation is 1. The summed E-state index contributed by atoms with van der Waals surface area (Å²) in [6.07, 6.45) is 2.43. The molecule has 0 bridgehead atoms. The number of fused-ring (bicyclic) bond motifs is 1. The average Bonchev–Trinajstić information content (AvgIpc) is 2.53. The lowest BCUT2D eigenvalue weighted by atomic mass is 9.92. The monoisotopic (exact) mass is 351 g/mol. The molecule has 1 aromatic carbocycles. The molecule has 1 aliphatic rings. The highest BCUT2D eigenvalue weighted by Crippen LogP contribution is 2.33. The number of piperidine rings is 1. The molecule has 0 radical (unpaired) electrons. The SMILES string of the molecule is Cc1c(C2CCN(S(C)(=O)=O)CC2)oc2c(C)c(O)ccc2c1=O. The van der Waals surface area contributed by atoms with Crippen LogP contribution in [0.5, 0.6) is 5.75 Å². The molecule has 0 spiro atoms. The van der Waals surface area contributed by atoms with Gasteiger partial charge in [0, 0.05) is 30.1 Å². The maximum absolute atomic E-state index is 12.6. The maximum atomic E-state index is 12.6. The van der Waals surface area contributed by atoms with Gasteiger partial charge in [-0.1, -0.05) is 0 Å². The number of phenols is 1. The van der Waals surface area contributed by atoms with Crippen LogP contribution in [0.2, 0.25) is 0 Å². The molecule has 1 aromatic heterocycles. The normalized spacial score (nSPS) is 17.5. The minimum absolute atomic E-state index is 0.00171. The molecule has 1 aliphatic heterocycles. The lowest BCUT2D eigenvalue weighted by Crippen LogP contribution is -2.37. The summed E-state index contributed by atoms with van der Waals surface area (Å²) in [6, 6.07) is 3.07. The van der Waals surface area contributed by atoms with Crippen molar-refractivity contribution >= 4 is 21.0 Å². The number of aromatic hydroxyl groups is 1. The van der Waals surface area contributed by atoms with Gasteiger partial charge >= 0.3 is 0 Å². The predicted molar refractivity (Wildman–Crippen MR) is 92.0 cm³/mol. The first-order valence-corrected chi connectivity index (χ1v) is 9.76. The first-order chi connectivity index (χ1) is 11.2. The Labute approximate surface area is 140 Å². The number of sulfonamides is 1. The highest BCUT2D eigenvalue weighted by molar-refractivity contribution is 7.88. The number of hydrogen-bond acceptors (Lipinski definition) is 5. The van der Waals surface area contributed by atoms with Crippen LogP contribution in [0, 0.1) is 13.8 Å². The van der Waals surface area contributed by atoms with E-state index in [9.17, 15) is 18.3 Å². The van der Waals surface area contributed by atoms with Crippen molar-refractivity contribution in [2.45, 2.75) is 32.6 Å². The van der Waals surface area contributed by atoms with Crippen LogP contribution in [0.3, 0.4) is 0 Å². The van der Waals surface area contributed by atoms with E-state index in [1.165, 1.54) is 16.6 Å².